The third-order valence-corrected chi connectivity index (χ3v) is 6.03. The average molecular weight is 424 g/mol. The highest BCUT2D eigenvalue weighted by Crippen LogP contribution is 2.39. The Morgan fingerprint density at radius 2 is 1.97 bits per heavy atom. The number of benzene rings is 2. The van der Waals surface area contributed by atoms with Gasteiger partial charge in [0.2, 0.25) is 5.91 Å². The second kappa shape index (κ2) is 8.94. The number of carbonyl (C=O) groups excluding carboxylic acids is 1. The predicted molar refractivity (Wildman–Crippen MR) is 120 cm³/mol. The molecule has 1 fully saturated rings. The van der Waals surface area contributed by atoms with Gasteiger partial charge in [-0.25, -0.2) is 0 Å². The number of likely N-dealkylation sites (tertiary alicyclic amines) is 1. The summed E-state index contributed by atoms with van der Waals surface area (Å²) in [6.45, 7) is 0.867. The summed E-state index contributed by atoms with van der Waals surface area (Å²) in [5.74, 6) is 0.515. The van der Waals surface area contributed by atoms with Crippen molar-refractivity contribution in [3.05, 3.63) is 83.1 Å². The van der Waals surface area contributed by atoms with Gasteiger partial charge in [0.05, 0.1) is 18.2 Å². The number of carbonyl (C=O) groups is 1. The second-order valence-electron chi connectivity index (χ2n) is 7.59. The van der Waals surface area contributed by atoms with Crippen molar-refractivity contribution in [2.45, 2.75) is 24.9 Å². The van der Waals surface area contributed by atoms with Crippen molar-refractivity contribution < 1.29 is 9.53 Å². The molecule has 2 heterocycles. The summed E-state index contributed by atoms with van der Waals surface area (Å²) in [7, 11) is 3.63. The molecule has 0 bridgehead atoms. The van der Waals surface area contributed by atoms with Gasteiger partial charge in [0.1, 0.15) is 11.8 Å². The molecule has 30 heavy (non-hydrogen) atoms. The molecule has 4 rings (SSSR count). The van der Waals surface area contributed by atoms with Gasteiger partial charge in [-0.15, -0.1) is 0 Å². The van der Waals surface area contributed by atoms with Gasteiger partial charge in [-0.1, -0.05) is 41.9 Å². The summed E-state index contributed by atoms with van der Waals surface area (Å²) in [6, 6.07) is 19.3. The van der Waals surface area contributed by atoms with Crippen LogP contribution in [0.15, 0.2) is 66.9 Å². The predicted octanol–water partition coefficient (Wildman–Crippen LogP) is 5.20. The van der Waals surface area contributed by atoms with E-state index >= 15 is 0 Å². The maximum atomic E-state index is 13.5. The number of aromatic nitrogens is 1. The van der Waals surface area contributed by atoms with E-state index in [4.69, 9.17) is 16.3 Å². The number of rotatable bonds is 6. The van der Waals surface area contributed by atoms with Crippen molar-refractivity contribution >= 4 is 23.2 Å². The number of nitrogens with one attached hydrogen (secondary N) is 1. The molecule has 1 aromatic heterocycles. The van der Waals surface area contributed by atoms with E-state index in [1.165, 1.54) is 5.69 Å². The van der Waals surface area contributed by atoms with E-state index in [1.54, 1.807) is 19.2 Å². The van der Waals surface area contributed by atoms with E-state index in [0.29, 0.717) is 16.5 Å². The molecule has 1 N–H and O–H groups in total. The second-order valence-corrected chi connectivity index (χ2v) is 8.00. The first-order valence-corrected chi connectivity index (χ1v) is 10.5. The van der Waals surface area contributed by atoms with Crippen molar-refractivity contribution in [3.8, 4) is 5.75 Å². The van der Waals surface area contributed by atoms with Crippen LogP contribution in [0.4, 0.5) is 5.69 Å². The summed E-state index contributed by atoms with van der Waals surface area (Å²) < 4.78 is 7.36. The van der Waals surface area contributed by atoms with Crippen molar-refractivity contribution in [3.63, 3.8) is 0 Å². The molecule has 1 aliphatic rings. The summed E-state index contributed by atoms with van der Waals surface area (Å²) >= 11 is 6.26. The minimum absolute atomic E-state index is 0.0662. The third kappa shape index (κ3) is 4.09. The number of hydrogen-bond donors (Lipinski definition) is 1. The molecule has 0 aliphatic carbocycles. The minimum Gasteiger partial charge on any atom is -0.495 e. The molecule has 2 aromatic carbocycles. The third-order valence-electron chi connectivity index (χ3n) is 5.73. The minimum atomic E-state index is -0.394. The molecule has 3 aromatic rings. The summed E-state index contributed by atoms with van der Waals surface area (Å²) in [6.07, 6.45) is 4.15. The molecule has 1 amide bonds. The van der Waals surface area contributed by atoms with Crippen LogP contribution in [0.25, 0.3) is 0 Å². The van der Waals surface area contributed by atoms with Crippen LogP contribution in [0.1, 0.15) is 36.2 Å². The van der Waals surface area contributed by atoms with Crippen LogP contribution < -0.4 is 10.1 Å². The van der Waals surface area contributed by atoms with E-state index in [2.05, 4.69) is 40.2 Å². The van der Waals surface area contributed by atoms with Crippen LogP contribution in [0.3, 0.4) is 0 Å². The Bertz CT molecular complexity index is 1020. The summed E-state index contributed by atoms with van der Waals surface area (Å²) in [5.41, 5.74) is 2.87. The lowest BCUT2D eigenvalue weighted by Crippen LogP contribution is -2.37. The quantitative estimate of drug-likeness (QED) is 0.592. The molecular weight excluding hydrogens is 398 g/mol. The Hall–Kier alpha value is -2.76. The van der Waals surface area contributed by atoms with Crippen LogP contribution in [0, 0.1) is 0 Å². The van der Waals surface area contributed by atoms with E-state index in [1.807, 2.05) is 36.4 Å². The Kier molecular flexibility index (Phi) is 6.11. The van der Waals surface area contributed by atoms with Crippen LogP contribution in [-0.4, -0.2) is 29.0 Å². The van der Waals surface area contributed by atoms with E-state index in [-0.39, 0.29) is 11.9 Å². The van der Waals surface area contributed by atoms with Gasteiger partial charge in [0.15, 0.2) is 0 Å². The fourth-order valence-corrected chi connectivity index (χ4v) is 4.58. The summed E-state index contributed by atoms with van der Waals surface area (Å²) in [4.78, 5) is 15.8. The van der Waals surface area contributed by atoms with Gasteiger partial charge in [-0.05, 0) is 55.3 Å². The van der Waals surface area contributed by atoms with Crippen molar-refractivity contribution in [1.29, 1.82) is 0 Å². The lowest BCUT2D eigenvalue weighted by atomic mass is 10.0. The molecule has 0 saturated carbocycles. The SMILES string of the molecule is COc1ccc(NC(=O)[C@H](c2ccccc2)N2CCC[C@H]2c2cccn2C)cc1Cl. The molecule has 0 spiro atoms. The van der Waals surface area contributed by atoms with Gasteiger partial charge in [0.25, 0.3) is 0 Å². The maximum absolute atomic E-state index is 13.5. The van der Waals surface area contributed by atoms with E-state index in [9.17, 15) is 4.79 Å². The maximum Gasteiger partial charge on any atom is 0.246 e. The molecule has 0 radical (unpaired) electrons. The Morgan fingerprint density at radius 3 is 2.63 bits per heavy atom. The number of hydrogen-bond acceptors (Lipinski definition) is 3. The number of halogens is 1. The highest BCUT2D eigenvalue weighted by atomic mass is 35.5. The van der Waals surface area contributed by atoms with Crippen LogP contribution in [0.5, 0.6) is 5.75 Å². The zero-order chi connectivity index (χ0) is 21.1. The van der Waals surface area contributed by atoms with E-state index < -0.39 is 6.04 Å². The number of amides is 1. The Labute approximate surface area is 182 Å². The first-order valence-electron chi connectivity index (χ1n) is 10.1. The number of ether oxygens (including phenoxy) is 1. The van der Waals surface area contributed by atoms with Crippen molar-refractivity contribution in [1.82, 2.24) is 9.47 Å². The fraction of sp³-hybridized carbons (Fsp3) is 0.292. The molecule has 5 nitrogen and oxygen atoms in total. The van der Waals surface area contributed by atoms with Gasteiger partial charge < -0.3 is 14.6 Å². The smallest absolute Gasteiger partial charge is 0.246 e. The molecule has 156 valence electrons. The Morgan fingerprint density at radius 1 is 1.17 bits per heavy atom. The molecule has 6 heteroatoms. The van der Waals surface area contributed by atoms with Crippen molar-refractivity contribution in [2.24, 2.45) is 7.05 Å². The highest BCUT2D eigenvalue weighted by molar-refractivity contribution is 6.32. The first-order chi connectivity index (χ1) is 14.6. The van der Waals surface area contributed by atoms with Gasteiger partial charge in [-0.3, -0.25) is 9.69 Å². The Balaban J connectivity index is 1.66. The molecule has 2 atom stereocenters. The number of nitrogens with zero attached hydrogens (tertiary/aromatic N) is 2. The lowest BCUT2D eigenvalue weighted by molar-refractivity contribution is -0.122. The monoisotopic (exact) mass is 423 g/mol. The zero-order valence-electron chi connectivity index (χ0n) is 17.2. The normalized spacial score (nSPS) is 17.6. The fourth-order valence-electron chi connectivity index (χ4n) is 4.32. The van der Waals surface area contributed by atoms with Crippen molar-refractivity contribution in [2.75, 3.05) is 19.0 Å². The first kappa shape index (κ1) is 20.5. The lowest BCUT2D eigenvalue weighted by Gasteiger charge is -2.33. The molecular formula is C24H26ClN3O2. The average Bonchev–Trinajstić information content (AvgIpc) is 3.38. The summed E-state index contributed by atoms with van der Waals surface area (Å²) in [5, 5.41) is 3.53. The molecule has 1 saturated heterocycles. The standard InChI is InChI=1S/C24H26ClN3O2/c1-27-14-6-10-20(27)21-11-7-15-28(21)23(17-8-4-3-5-9-17)24(29)26-18-12-13-22(30-2)19(25)16-18/h3-6,8-10,12-14,16,21,23H,7,11,15H2,1-2H3,(H,26,29)/t21-,23-/m0/s1. The van der Waals surface area contributed by atoms with Crippen LogP contribution >= 0.6 is 11.6 Å². The zero-order valence-corrected chi connectivity index (χ0v) is 18.0. The van der Waals surface area contributed by atoms with Gasteiger partial charge in [-0.2, -0.15) is 0 Å². The number of anilines is 1. The van der Waals surface area contributed by atoms with Crippen LogP contribution in [0.2, 0.25) is 5.02 Å². The number of aryl methyl sites for hydroxylation is 1. The van der Waals surface area contributed by atoms with E-state index in [0.717, 1.165) is 24.9 Å². The highest BCUT2D eigenvalue weighted by Gasteiger charge is 2.37. The number of methoxy groups -OCH3 is 1. The van der Waals surface area contributed by atoms with Crippen LogP contribution in [-0.2, 0) is 11.8 Å². The van der Waals surface area contributed by atoms with Gasteiger partial charge in [0, 0.05) is 24.6 Å². The largest absolute Gasteiger partial charge is 0.495 e. The van der Waals surface area contributed by atoms with Gasteiger partial charge >= 0.3 is 0 Å². The topological polar surface area (TPSA) is 46.5 Å². The molecule has 0 unspecified atom stereocenters. The molecule has 1 aliphatic heterocycles.